The summed E-state index contributed by atoms with van der Waals surface area (Å²) in [6, 6.07) is 13.7. The first-order valence-corrected chi connectivity index (χ1v) is 5.41. The summed E-state index contributed by atoms with van der Waals surface area (Å²) in [4.78, 5) is 4.35. The highest BCUT2D eigenvalue weighted by Gasteiger charge is 2.06. The molecule has 2 rings (SSSR count). The summed E-state index contributed by atoms with van der Waals surface area (Å²) in [6.07, 6.45) is -0.723. The summed E-state index contributed by atoms with van der Waals surface area (Å²) in [6.45, 7) is 0.218. The van der Waals surface area contributed by atoms with Crippen molar-refractivity contribution in [2.24, 2.45) is 5.90 Å². The van der Waals surface area contributed by atoms with Gasteiger partial charge in [0, 0.05) is 5.39 Å². The lowest BCUT2D eigenvalue weighted by Gasteiger charge is -2.12. The van der Waals surface area contributed by atoms with Crippen molar-refractivity contribution >= 4 is 10.8 Å². The van der Waals surface area contributed by atoms with Crippen LogP contribution in [0.1, 0.15) is 0 Å². The molecule has 0 aliphatic carbocycles. The molecule has 0 aliphatic rings. The Balaban J connectivity index is 2.13. The number of rotatable bonds is 5. The van der Waals surface area contributed by atoms with Crippen LogP contribution in [0.3, 0.4) is 0 Å². The van der Waals surface area contributed by atoms with Crippen molar-refractivity contribution in [2.45, 2.75) is 6.10 Å². The summed E-state index contributed by atoms with van der Waals surface area (Å²) in [5.41, 5.74) is 0. The molecule has 90 valence electrons. The fraction of sp³-hybridized carbons (Fsp3) is 0.231. The number of aliphatic hydroxyl groups excluding tert-OH is 1. The van der Waals surface area contributed by atoms with Gasteiger partial charge in [-0.25, -0.2) is 5.90 Å². The molecule has 0 spiro atoms. The molecular weight excluding hydrogens is 218 g/mol. The van der Waals surface area contributed by atoms with Gasteiger partial charge in [-0.05, 0) is 11.5 Å². The maximum Gasteiger partial charge on any atom is 0.127 e. The Labute approximate surface area is 99.5 Å². The third kappa shape index (κ3) is 2.94. The van der Waals surface area contributed by atoms with Crippen molar-refractivity contribution in [1.29, 1.82) is 0 Å². The Morgan fingerprint density at radius 1 is 1.06 bits per heavy atom. The summed E-state index contributed by atoms with van der Waals surface area (Å²) >= 11 is 0. The predicted octanol–water partition coefficient (Wildman–Crippen LogP) is 1.47. The van der Waals surface area contributed by atoms with Crippen LogP contribution in [0.4, 0.5) is 0 Å². The SMILES string of the molecule is NOCC(O)COc1cccc2ccccc12. The van der Waals surface area contributed by atoms with Gasteiger partial charge in [-0.3, -0.25) is 0 Å². The molecule has 3 N–H and O–H groups in total. The first-order chi connectivity index (χ1) is 8.31. The highest BCUT2D eigenvalue weighted by molar-refractivity contribution is 5.88. The summed E-state index contributed by atoms with van der Waals surface area (Å²) in [5, 5.41) is 11.6. The Bertz CT molecular complexity index is 482. The van der Waals surface area contributed by atoms with Gasteiger partial charge in [0.05, 0.1) is 6.61 Å². The number of hydrogen-bond donors (Lipinski definition) is 2. The average molecular weight is 233 g/mol. The van der Waals surface area contributed by atoms with Gasteiger partial charge in [0.1, 0.15) is 18.5 Å². The molecule has 4 nitrogen and oxygen atoms in total. The Morgan fingerprint density at radius 3 is 2.65 bits per heavy atom. The fourth-order valence-electron chi connectivity index (χ4n) is 1.67. The van der Waals surface area contributed by atoms with Gasteiger partial charge >= 0.3 is 0 Å². The highest BCUT2D eigenvalue weighted by atomic mass is 16.6. The van der Waals surface area contributed by atoms with Gasteiger partial charge in [0.2, 0.25) is 0 Å². The molecular formula is C13H15NO3. The van der Waals surface area contributed by atoms with Crippen LogP contribution in [-0.4, -0.2) is 24.4 Å². The second-order valence-electron chi connectivity index (χ2n) is 3.78. The molecule has 0 radical (unpaired) electrons. The Hall–Kier alpha value is -1.62. The minimum Gasteiger partial charge on any atom is -0.490 e. The van der Waals surface area contributed by atoms with Crippen LogP contribution in [-0.2, 0) is 4.84 Å². The lowest BCUT2D eigenvalue weighted by Crippen LogP contribution is -2.25. The van der Waals surface area contributed by atoms with Crippen molar-refractivity contribution < 1.29 is 14.7 Å². The van der Waals surface area contributed by atoms with Crippen LogP contribution in [0, 0.1) is 0 Å². The molecule has 1 atom stereocenters. The molecule has 0 fully saturated rings. The van der Waals surface area contributed by atoms with Crippen molar-refractivity contribution in [3.05, 3.63) is 42.5 Å². The zero-order valence-corrected chi connectivity index (χ0v) is 9.37. The zero-order chi connectivity index (χ0) is 12.1. The van der Waals surface area contributed by atoms with Crippen molar-refractivity contribution in [2.75, 3.05) is 13.2 Å². The van der Waals surface area contributed by atoms with E-state index in [9.17, 15) is 5.11 Å². The highest BCUT2D eigenvalue weighted by Crippen LogP contribution is 2.25. The topological polar surface area (TPSA) is 64.7 Å². The minimum absolute atomic E-state index is 0.0603. The van der Waals surface area contributed by atoms with Crippen LogP contribution in [0.15, 0.2) is 42.5 Å². The normalized spacial score (nSPS) is 12.6. The third-order valence-corrected chi connectivity index (χ3v) is 2.47. The molecule has 0 saturated heterocycles. The van der Waals surface area contributed by atoms with E-state index in [1.807, 2.05) is 42.5 Å². The molecule has 1 unspecified atom stereocenters. The van der Waals surface area contributed by atoms with Crippen LogP contribution in [0.2, 0.25) is 0 Å². The summed E-state index contributed by atoms with van der Waals surface area (Å²) < 4.78 is 5.55. The van der Waals surface area contributed by atoms with Crippen LogP contribution >= 0.6 is 0 Å². The second-order valence-corrected chi connectivity index (χ2v) is 3.78. The Kier molecular flexibility index (Phi) is 3.93. The van der Waals surface area contributed by atoms with E-state index in [4.69, 9.17) is 10.6 Å². The van der Waals surface area contributed by atoms with Crippen LogP contribution < -0.4 is 10.6 Å². The maximum atomic E-state index is 9.45. The lowest BCUT2D eigenvalue weighted by atomic mass is 10.1. The fourth-order valence-corrected chi connectivity index (χ4v) is 1.67. The first-order valence-electron chi connectivity index (χ1n) is 5.41. The van der Waals surface area contributed by atoms with Gasteiger partial charge in [-0.2, -0.15) is 0 Å². The molecule has 0 aliphatic heterocycles. The van der Waals surface area contributed by atoms with Gasteiger partial charge in [-0.1, -0.05) is 36.4 Å². The van der Waals surface area contributed by atoms with E-state index in [1.165, 1.54) is 0 Å². The average Bonchev–Trinajstić information content (AvgIpc) is 2.36. The smallest absolute Gasteiger partial charge is 0.127 e. The number of fused-ring (bicyclic) bond motifs is 1. The monoisotopic (exact) mass is 233 g/mol. The van der Waals surface area contributed by atoms with E-state index >= 15 is 0 Å². The van der Waals surface area contributed by atoms with Gasteiger partial charge in [0.15, 0.2) is 0 Å². The summed E-state index contributed by atoms with van der Waals surface area (Å²) in [5.74, 6) is 5.62. The van der Waals surface area contributed by atoms with E-state index in [1.54, 1.807) is 0 Å². The number of benzene rings is 2. The van der Waals surface area contributed by atoms with Crippen molar-refractivity contribution in [3.63, 3.8) is 0 Å². The van der Waals surface area contributed by atoms with E-state index in [2.05, 4.69) is 4.84 Å². The molecule has 0 bridgehead atoms. The first kappa shape index (κ1) is 11.9. The van der Waals surface area contributed by atoms with E-state index in [0.29, 0.717) is 0 Å². The van der Waals surface area contributed by atoms with Crippen molar-refractivity contribution in [1.82, 2.24) is 0 Å². The largest absolute Gasteiger partial charge is 0.490 e. The molecule has 0 aromatic heterocycles. The van der Waals surface area contributed by atoms with E-state index < -0.39 is 6.10 Å². The van der Waals surface area contributed by atoms with Gasteiger partial charge in [0.25, 0.3) is 0 Å². The zero-order valence-electron chi connectivity index (χ0n) is 9.37. The number of hydrogen-bond acceptors (Lipinski definition) is 4. The molecule has 17 heavy (non-hydrogen) atoms. The predicted molar refractivity (Wildman–Crippen MR) is 65.6 cm³/mol. The van der Waals surface area contributed by atoms with Gasteiger partial charge in [-0.15, -0.1) is 0 Å². The molecule has 0 heterocycles. The molecule has 2 aromatic rings. The quantitative estimate of drug-likeness (QED) is 0.767. The molecule has 0 saturated carbocycles. The second kappa shape index (κ2) is 5.63. The number of nitrogens with two attached hydrogens (primary N) is 1. The summed E-state index contributed by atoms with van der Waals surface area (Å²) in [7, 11) is 0. The van der Waals surface area contributed by atoms with Crippen LogP contribution in [0.25, 0.3) is 10.8 Å². The maximum absolute atomic E-state index is 9.45. The van der Waals surface area contributed by atoms with E-state index in [-0.39, 0.29) is 13.2 Å². The minimum atomic E-state index is -0.723. The lowest BCUT2D eigenvalue weighted by molar-refractivity contribution is 0.0119. The Morgan fingerprint density at radius 2 is 1.82 bits per heavy atom. The molecule has 0 amide bonds. The number of aliphatic hydroxyl groups is 1. The number of ether oxygens (including phenoxy) is 1. The van der Waals surface area contributed by atoms with Crippen LogP contribution in [0.5, 0.6) is 5.75 Å². The van der Waals surface area contributed by atoms with Crippen molar-refractivity contribution in [3.8, 4) is 5.75 Å². The molecule has 2 aromatic carbocycles. The van der Waals surface area contributed by atoms with Gasteiger partial charge < -0.3 is 14.7 Å². The van der Waals surface area contributed by atoms with E-state index in [0.717, 1.165) is 16.5 Å². The molecule has 4 heteroatoms. The third-order valence-electron chi connectivity index (χ3n) is 2.47. The standard InChI is InChI=1S/C13H15NO3/c14-17-9-11(15)8-16-13-7-3-5-10-4-1-2-6-12(10)13/h1-7,11,15H,8-9,14H2.